The molecular weight excluding hydrogens is 410 g/mol. The van der Waals surface area contributed by atoms with E-state index in [2.05, 4.69) is 17.6 Å². The number of benzene rings is 3. The number of aromatic nitrogens is 1. The van der Waals surface area contributed by atoms with Crippen LogP contribution in [-0.4, -0.2) is 39.0 Å². The van der Waals surface area contributed by atoms with Crippen molar-refractivity contribution in [2.24, 2.45) is 0 Å². The van der Waals surface area contributed by atoms with Crippen LogP contribution >= 0.6 is 24.0 Å². The summed E-state index contributed by atoms with van der Waals surface area (Å²) in [6, 6.07) is 23.3. The minimum atomic E-state index is 0.0537. The average Bonchev–Trinajstić information content (AvgIpc) is 3.13. The van der Waals surface area contributed by atoms with Crippen LogP contribution in [0.3, 0.4) is 0 Å². The second-order valence-electron chi connectivity index (χ2n) is 7.12. The van der Waals surface area contributed by atoms with Crippen LogP contribution in [0.5, 0.6) is 0 Å². The fourth-order valence-corrected chi connectivity index (χ4v) is 4.26. The summed E-state index contributed by atoms with van der Waals surface area (Å²) in [5.74, 6) is 0.0537. The van der Waals surface area contributed by atoms with Crippen molar-refractivity contribution in [3.8, 4) is 0 Å². The summed E-state index contributed by atoms with van der Waals surface area (Å²) >= 11 is 5.76. The lowest BCUT2D eigenvalue weighted by Crippen LogP contribution is -2.20. The fraction of sp³-hybridized carbons (Fsp3) is 0.167. The molecule has 154 valence electrons. The predicted molar refractivity (Wildman–Crippen MR) is 132 cm³/mol. The molecule has 0 aliphatic rings. The van der Waals surface area contributed by atoms with E-state index in [0.29, 0.717) is 5.56 Å². The van der Waals surface area contributed by atoms with Crippen LogP contribution in [0.25, 0.3) is 10.2 Å². The van der Waals surface area contributed by atoms with Gasteiger partial charge >= 0.3 is 0 Å². The maximum atomic E-state index is 12.7. The Kier molecular flexibility index (Phi) is 7.13. The number of hydrogen-bond donors (Lipinski definition) is 1. The van der Waals surface area contributed by atoms with E-state index >= 15 is 0 Å². The molecule has 6 heteroatoms. The number of ketones is 1. The SMILES string of the molecule is CN(C)c1cccc(C(=O)c2ccccc2)c1N(C)C.Sc1nc2ccccc2s1. The van der Waals surface area contributed by atoms with Crippen molar-refractivity contribution in [1.82, 2.24) is 4.98 Å². The number of anilines is 2. The summed E-state index contributed by atoms with van der Waals surface area (Å²) in [7, 11) is 7.90. The number of rotatable bonds is 4. The minimum Gasteiger partial charge on any atom is -0.376 e. The molecule has 0 atom stereocenters. The van der Waals surface area contributed by atoms with Crippen LogP contribution in [0.1, 0.15) is 15.9 Å². The zero-order valence-corrected chi connectivity index (χ0v) is 19.2. The van der Waals surface area contributed by atoms with E-state index in [0.717, 1.165) is 26.8 Å². The van der Waals surface area contributed by atoms with E-state index in [4.69, 9.17) is 0 Å². The zero-order valence-electron chi connectivity index (χ0n) is 17.5. The fourth-order valence-electron chi connectivity index (χ4n) is 3.15. The second-order valence-corrected chi connectivity index (χ2v) is 8.88. The van der Waals surface area contributed by atoms with Crippen molar-refractivity contribution in [1.29, 1.82) is 0 Å². The first-order valence-corrected chi connectivity index (χ1v) is 10.8. The van der Waals surface area contributed by atoms with Crippen molar-refractivity contribution in [2.75, 3.05) is 38.0 Å². The Balaban J connectivity index is 0.000000212. The Labute approximate surface area is 187 Å². The number of carbonyl (C=O) groups excluding carboxylic acids is 1. The first kappa shape index (κ1) is 21.9. The van der Waals surface area contributed by atoms with Gasteiger partial charge in [0.25, 0.3) is 0 Å². The van der Waals surface area contributed by atoms with Gasteiger partial charge in [-0.15, -0.1) is 24.0 Å². The highest BCUT2D eigenvalue weighted by atomic mass is 32.2. The summed E-state index contributed by atoms with van der Waals surface area (Å²) in [6.45, 7) is 0. The zero-order chi connectivity index (χ0) is 21.7. The van der Waals surface area contributed by atoms with Crippen LogP contribution in [-0.2, 0) is 0 Å². The summed E-state index contributed by atoms with van der Waals surface area (Å²) in [5, 5.41) is 0. The van der Waals surface area contributed by atoms with Crippen molar-refractivity contribution in [3.05, 3.63) is 83.9 Å². The van der Waals surface area contributed by atoms with Gasteiger partial charge in [-0.1, -0.05) is 48.5 Å². The molecule has 0 bridgehead atoms. The number of para-hydroxylation sites is 2. The van der Waals surface area contributed by atoms with E-state index in [1.54, 1.807) is 11.3 Å². The first-order chi connectivity index (χ1) is 14.4. The van der Waals surface area contributed by atoms with Crippen molar-refractivity contribution in [3.63, 3.8) is 0 Å². The predicted octanol–water partition coefficient (Wildman–Crippen LogP) is 5.63. The van der Waals surface area contributed by atoms with Gasteiger partial charge in [-0.25, -0.2) is 4.98 Å². The molecular formula is C24H25N3OS2. The van der Waals surface area contributed by atoms with E-state index in [1.165, 1.54) is 4.70 Å². The summed E-state index contributed by atoms with van der Waals surface area (Å²) < 4.78 is 2.04. The lowest BCUT2D eigenvalue weighted by Gasteiger charge is -2.25. The Hall–Kier alpha value is -2.83. The normalized spacial score (nSPS) is 10.3. The van der Waals surface area contributed by atoms with Crippen molar-refractivity contribution in [2.45, 2.75) is 4.34 Å². The number of carbonyl (C=O) groups is 1. The molecule has 0 N–H and O–H groups in total. The minimum absolute atomic E-state index is 0.0537. The Morgan fingerprint density at radius 3 is 2.13 bits per heavy atom. The van der Waals surface area contributed by atoms with E-state index in [1.807, 2.05) is 111 Å². The lowest BCUT2D eigenvalue weighted by molar-refractivity contribution is 0.103. The average molecular weight is 436 g/mol. The molecule has 0 amide bonds. The molecule has 4 rings (SSSR count). The molecule has 1 aromatic heterocycles. The third kappa shape index (κ3) is 5.01. The van der Waals surface area contributed by atoms with Crippen LogP contribution in [0.2, 0.25) is 0 Å². The Morgan fingerprint density at radius 1 is 0.833 bits per heavy atom. The molecule has 4 aromatic rings. The molecule has 0 saturated heterocycles. The molecule has 0 radical (unpaired) electrons. The Bertz CT molecular complexity index is 1100. The molecule has 30 heavy (non-hydrogen) atoms. The van der Waals surface area contributed by atoms with E-state index in [9.17, 15) is 4.79 Å². The summed E-state index contributed by atoms with van der Waals surface area (Å²) in [4.78, 5) is 20.9. The van der Waals surface area contributed by atoms with Gasteiger partial charge in [0.1, 0.15) is 4.34 Å². The number of nitrogens with zero attached hydrogens (tertiary/aromatic N) is 3. The maximum Gasteiger partial charge on any atom is 0.195 e. The van der Waals surface area contributed by atoms with Crippen LogP contribution in [0.4, 0.5) is 11.4 Å². The smallest absolute Gasteiger partial charge is 0.195 e. The van der Waals surface area contributed by atoms with Gasteiger partial charge in [-0.2, -0.15) is 0 Å². The van der Waals surface area contributed by atoms with Gasteiger partial charge in [0.05, 0.1) is 21.6 Å². The molecule has 0 aliphatic heterocycles. The van der Waals surface area contributed by atoms with Crippen molar-refractivity contribution >= 4 is 51.3 Å². The molecule has 3 aromatic carbocycles. The molecule has 0 fully saturated rings. The third-order valence-corrected chi connectivity index (χ3v) is 5.72. The van der Waals surface area contributed by atoms with Gasteiger partial charge in [-0.3, -0.25) is 4.79 Å². The topological polar surface area (TPSA) is 36.4 Å². The number of hydrogen-bond acceptors (Lipinski definition) is 6. The monoisotopic (exact) mass is 435 g/mol. The Morgan fingerprint density at radius 2 is 1.50 bits per heavy atom. The quantitative estimate of drug-likeness (QED) is 0.333. The van der Waals surface area contributed by atoms with E-state index in [-0.39, 0.29) is 5.78 Å². The first-order valence-electron chi connectivity index (χ1n) is 9.50. The third-order valence-electron chi connectivity index (χ3n) is 4.51. The van der Waals surface area contributed by atoms with Crippen LogP contribution in [0.15, 0.2) is 77.1 Å². The molecule has 0 aliphatic carbocycles. The molecule has 4 nitrogen and oxygen atoms in total. The van der Waals surface area contributed by atoms with Gasteiger partial charge in [-0.05, 0) is 24.3 Å². The largest absolute Gasteiger partial charge is 0.376 e. The van der Waals surface area contributed by atoms with Gasteiger partial charge in [0.15, 0.2) is 5.78 Å². The highest BCUT2D eigenvalue weighted by molar-refractivity contribution is 7.82. The molecule has 0 spiro atoms. The number of fused-ring (bicyclic) bond motifs is 1. The molecule has 1 heterocycles. The van der Waals surface area contributed by atoms with Crippen molar-refractivity contribution < 1.29 is 4.79 Å². The summed E-state index contributed by atoms with van der Waals surface area (Å²) in [5.41, 5.74) is 4.47. The van der Waals surface area contributed by atoms with Gasteiger partial charge < -0.3 is 9.80 Å². The van der Waals surface area contributed by atoms with E-state index < -0.39 is 0 Å². The highest BCUT2D eigenvalue weighted by Gasteiger charge is 2.18. The van der Waals surface area contributed by atoms with Gasteiger partial charge in [0, 0.05) is 39.3 Å². The lowest BCUT2D eigenvalue weighted by atomic mass is 10.00. The molecule has 0 unspecified atom stereocenters. The molecule has 0 saturated carbocycles. The highest BCUT2D eigenvalue weighted by Crippen LogP contribution is 2.32. The number of thiol groups is 1. The van der Waals surface area contributed by atoms with Crippen LogP contribution in [0, 0.1) is 0 Å². The summed E-state index contributed by atoms with van der Waals surface area (Å²) in [6.07, 6.45) is 0. The van der Waals surface area contributed by atoms with Crippen LogP contribution < -0.4 is 9.80 Å². The number of thiazole rings is 1. The van der Waals surface area contributed by atoms with Gasteiger partial charge in [0.2, 0.25) is 0 Å². The second kappa shape index (κ2) is 9.78. The standard InChI is InChI=1S/C17H20N2O.C7H5NS2/c1-18(2)15-12-8-11-14(16(15)19(3)4)17(20)13-9-6-5-7-10-13;9-7-8-5-3-1-2-4-6(5)10-7/h5-12H,1-4H3;1-4H,(H,8,9). The maximum absolute atomic E-state index is 12.7.